The minimum atomic E-state index is -0.415. The molecule has 0 saturated carbocycles. The average Bonchev–Trinajstić information content (AvgIpc) is 3.54. The Morgan fingerprint density at radius 3 is 2.81 bits per heavy atom. The van der Waals surface area contributed by atoms with Crippen molar-refractivity contribution >= 4 is 40.5 Å². The molecule has 0 spiro atoms. The molecule has 4 heterocycles. The minimum absolute atomic E-state index is 0.155. The largest absolute Gasteiger partial charge is 0.423 e. The quantitative estimate of drug-likeness (QED) is 0.324. The first-order chi connectivity index (χ1) is 17.9. The number of allylic oxidation sites excluding steroid dienone is 1. The molecule has 0 saturated heterocycles. The van der Waals surface area contributed by atoms with Crippen molar-refractivity contribution in [2.24, 2.45) is 4.99 Å². The van der Waals surface area contributed by atoms with Gasteiger partial charge in [0.25, 0.3) is 0 Å². The first-order valence-corrected chi connectivity index (χ1v) is 11.7. The highest BCUT2D eigenvalue weighted by molar-refractivity contribution is 6.31. The van der Waals surface area contributed by atoms with E-state index in [-0.39, 0.29) is 12.1 Å². The molecule has 10 nitrogen and oxygen atoms in total. The van der Waals surface area contributed by atoms with Gasteiger partial charge in [0.15, 0.2) is 5.58 Å². The van der Waals surface area contributed by atoms with Gasteiger partial charge in [0.1, 0.15) is 23.2 Å². The highest BCUT2D eigenvalue weighted by atomic mass is 35.5. The number of guanidine groups is 1. The van der Waals surface area contributed by atoms with E-state index in [0.717, 1.165) is 16.8 Å². The number of hydrogen-bond donors (Lipinski definition) is 2. The van der Waals surface area contributed by atoms with Crippen LogP contribution >= 0.6 is 11.6 Å². The monoisotopic (exact) mass is 515 g/mol. The van der Waals surface area contributed by atoms with Gasteiger partial charge in [0, 0.05) is 28.5 Å². The number of pyridine rings is 1. The van der Waals surface area contributed by atoms with Crippen LogP contribution in [0, 0.1) is 12.7 Å². The van der Waals surface area contributed by atoms with E-state index in [0.29, 0.717) is 39.3 Å². The lowest BCUT2D eigenvalue weighted by Crippen LogP contribution is -2.38. The maximum absolute atomic E-state index is 13.7. The molecule has 3 aromatic heterocycles. The number of anilines is 2. The molecule has 12 heteroatoms. The van der Waals surface area contributed by atoms with Crippen molar-refractivity contribution in [3.05, 3.63) is 88.5 Å². The Labute approximate surface area is 214 Å². The van der Waals surface area contributed by atoms with Gasteiger partial charge in [-0.2, -0.15) is 10.2 Å². The summed E-state index contributed by atoms with van der Waals surface area (Å²) in [5.41, 5.74) is 4.27. The van der Waals surface area contributed by atoms with Gasteiger partial charge >= 0.3 is 6.01 Å². The molecule has 5 aromatic rings. The van der Waals surface area contributed by atoms with Gasteiger partial charge in [0.05, 0.1) is 0 Å². The summed E-state index contributed by atoms with van der Waals surface area (Å²) < 4.78 is 19.5. The number of oxazole rings is 1. The van der Waals surface area contributed by atoms with Crippen molar-refractivity contribution in [2.45, 2.75) is 19.9 Å². The number of rotatable bonds is 4. The molecule has 184 valence electrons. The van der Waals surface area contributed by atoms with Crippen molar-refractivity contribution in [1.29, 1.82) is 0 Å². The number of aliphatic imine (C=N–C) groups is 1. The number of nitrogens with one attached hydrogen (secondary N) is 2. The average molecular weight is 516 g/mol. The molecule has 37 heavy (non-hydrogen) atoms. The lowest BCUT2D eigenvalue weighted by molar-refractivity contribution is 0.604. The Balaban J connectivity index is 1.44. The van der Waals surface area contributed by atoms with Crippen LogP contribution in [0.4, 0.5) is 16.2 Å². The topological polar surface area (TPSA) is 121 Å². The van der Waals surface area contributed by atoms with E-state index in [4.69, 9.17) is 21.0 Å². The van der Waals surface area contributed by atoms with E-state index in [1.54, 1.807) is 18.3 Å². The van der Waals surface area contributed by atoms with Crippen molar-refractivity contribution in [3.63, 3.8) is 0 Å². The Kier molecular flexibility index (Phi) is 5.61. The van der Waals surface area contributed by atoms with E-state index in [9.17, 15) is 4.39 Å². The standard InChI is InChI=1S/C25H19ClFN9O/c1-13-3-5-17(18(26)9-13)20-10-14(2)36(22-11-15(7-8-28-22)23-32-34-35-33-23)24(29-20)31-25-30-19-6-4-16(27)12-21(19)37-25/h3-12,20H,1-2H3,(H,29,30,31)(H,32,33,34,35). The van der Waals surface area contributed by atoms with Gasteiger partial charge in [-0.05, 0) is 66.6 Å². The second-order valence-corrected chi connectivity index (χ2v) is 8.87. The fourth-order valence-electron chi connectivity index (χ4n) is 4.12. The zero-order valence-corrected chi connectivity index (χ0v) is 20.4. The number of halogens is 2. The van der Waals surface area contributed by atoms with Crippen molar-refractivity contribution < 1.29 is 8.81 Å². The highest BCUT2D eigenvalue weighted by Gasteiger charge is 2.27. The lowest BCUT2D eigenvalue weighted by atomic mass is 10.0. The van der Waals surface area contributed by atoms with Crippen LogP contribution in [-0.2, 0) is 0 Å². The molecule has 1 aliphatic heterocycles. The van der Waals surface area contributed by atoms with Crippen LogP contribution in [0.3, 0.4) is 0 Å². The summed E-state index contributed by atoms with van der Waals surface area (Å²) in [7, 11) is 0. The summed E-state index contributed by atoms with van der Waals surface area (Å²) in [5.74, 6) is 0.963. The fourth-order valence-corrected chi connectivity index (χ4v) is 4.46. The third kappa shape index (κ3) is 4.40. The van der Waals surface area contributed by atoms with Crippen molar-refractivity contribution in [1.82, 2.24) is 30.6 Å². The number of fused-ring (bicyclic) bond motifs is 1. The molecule has 0 bridgehead atoms. The van der Waals surface area contributed by atoms with Crippen LogP contribution in [0.25, 0.3) is 22.5 Å². The van der Waals surface area contributed by atoms with Crippen LogP contribution in [0.5, 0.6) is 0 Å². The van der Waals surface area contributed by atoms with Crippen molar-refractivity contribution in [2.75, 3.05) is 10.2 Å². The number of nitrogens with zero attached hydrogens (tertiary/aromatic N) is 7. The lowest BCUT2D eigenvalue weighted by Gasteiger charge is -2.31. The van der Waals surface area contributed by atoms with Crippen LogP contribution in [0.1, 0.15) is 24.1 Å². The number of aryl methyl sites for hydroxylation is 1. The Bertz CT molecular complexity index is 1680. The molecule has 2 N–H and O–H groups in total. The molecule has 0 radical (unpaired) electrons. The van der Waals surface area contributed by atoms with Crippen molar-refractivity contribution in [3.8, 4) is 11.4 Å². The molecule has 1 aliphatic rings. The number of H-pyrrole nitrogens is 1. The summed E-state index contributed by atoms with van der Waals surface area (Å²) in [4.78, 5) is 15.7. The number of benzene rings is 2. The van der Waals surface area contributed by atoms with E-state index < -0.39 is 5.82 Å². The summed E-state index contributed by atoms with van der Waals surface area (Å²) >= 11 is 6.58. The molecule has 0 aliphatic carbocycles. The van der Waals surface area contributed by atoms with E-state index in [1.165, 1.54) is 12.1 Å². The Morgan fingerprint density at radius 2 is 2.00 bits per heavy atom. The summed E-state index contributed by atoms with van der Waals surface area (Å²) in [6.07, 6.45) is 3.64. The first-order valence-electron chi connectivity index (χ1n) is 11.3. The second kappa shape index (κ2) is 9.10. The number of aromatic nitrogens is 6. The zero-order valence-electron chi connectivity index (χ0n) is 19.6. The molecule has 6 rings (SSSR count). The van der Waals surface area contributed by atoms with E-state index in [2.05, 4.69) is 35.9 Å². The maximum Gasteiger partial charge on any atom is 0.302 e. The molecule has 0 fully saturated rings. The van der Waals surface area contributed by atoms with Crippen LogP contribution in [0.15, 0.2) is 75.9 Å². The Morgan fingerprint density at radius 1 is 1.11 bits per heavy atom. The maximum atomic E-state index is 13.7. The third-order valence-electron chi connectivity index (χ3n) is 5.85. The SMILES string of the molecule is CC1=CC(c2ccc(C)cc2Cl)N=C(Nc2nc3ccc(F)cc3o2)N1c1cc(-c2nn[nH]n2)ccn1. The molecule has 0 amide bonds. The van der Waals surface area contributed by atoms with Gasteiger partial charge in [0.2, 0.25) is 11.8 Å². The van der Waals surface area contributed by atoms with Gasteiger partial charge in [-0.1, -0.05) is 23.7 Å². The summed E-state index contributed by atoms with van der Waals surface area (Å²) in [6, 6.07) is 13.4. The van der Waals surface area contributed by atoms with E-state index >= 15 is 0 Å². The Hall–Kier alpha value is -4.64. The van der Waals surface area contributed by atoms with Gasteiger partial charge in [-0.15, -0.1) is 10.2 Å². The van der Waals surface area contributed by atoms with Crippen LogP contribution in [0.2, 0.25) is 5.02 Å². The van der Waals surface area contributed by atoms with Gasteiger partial charge in [-0.25, -0.2) is 14.4 Å². The highest BCUT2D eigenvalue weighted by Crippen LogP contribution is 2.34. The summed E-state index contributed by atoms with van der Waals surface area (Å²) in [6.45, 7) is 3.92. The predicted octanol–water partition coefficient (Wildman–Crippen LogP) is 5.44. The molecule has 2 aromatic carbocycles. The number of tetrazole rings is 1. The number of hydrogen-bond acceptors (Lipinski definition) is 9. The number of aromatic amines is 1. The predicted molar refractivity (Wildman–Crippen MR) is 138 cm³/mol. The first kappa shape index (κ1) is 22.8. The van der Waals surface area contributed by atoms with Crippen LogP contribution in [-0.4, -0.2) is 36.6 Å². The minimum Gasteiger partial charge on any atom is -0.423 e. The van der Waals surface area contributed by atoms with Gasteiger partial charge < -0.3 is 4.42 Å². The summed E-state index contributed by atoms with van der Waals surface area (Å²) in [5, 5.41) is 18.0. The molecule has 1 atom stereocenters. The van der Waals surface area contributed by atoms with E-state index in [1.807, 2.05) is 49.1 Å². The molecule has 1 unspecified atom stereocenters. The van der Waals surface area contributed by atoms with Gasteiger partial charge in [-0.3, -0.25) is 10.2 Å². The zero-order chi connectivity index (χ0) is 25.5. The molecular weight excluding hydrogens is 497 g/mol. The van der Waals surface area contributed by atoms with Crippen LogP contribution < -0.4 is 10.2 Å². The second-order valence-electron chi connectivity index (χ2n) is 8.46. The fraction of sp³-hybridized carbons (Fsp3) is 0.120. The third-order valence-corrected chi connectivity index (χ3v) is 6.17. The smallest absolute Gasteiger partial charge is 0.302 e. The normalized spacial score (nSPS) is 15.6. The molecular formula is C25H19ClFN9O.